The van der Waals surface area contributed by atoms with Gasteiger partial charge in [0, 0.05) is 17.7 Å². The van der Waals surface area contributed by atoms with Gasteiger partial charge in [0.15, 0.2) is 0 Å². The van der Waals surface area contributed by atoms with Crippen molar-refractivity contribution in [3.63, 3.8) is 0 Å². The van der Waals surface area contributed by atoms with Gasteiger partial charge in [0.25, 0.3) is 11.2 Å². The minimum atomic E-state index is -0.643. The minimum Gasteiger partial charge on any atom is -0.366 e. The Labute approximate surface area is 121 Å². The number of non-ortho nitro benzene ring substituents is 1. The average molecular weight is 297 g/mol. The third kappa shape index (κ3) is 1.93. The first kappa shape index (κ1) is 13.3. The van der Waals surface area contributed by atoms with Crippen molar-refractivity contribution in [3.05, 3.63) is 50.3 Å². The number of benzene rings is 1. The number of fused-ring (bicyclic) bond motifs is 1. The van der Waals surface area contributed by atoms with E-state index in [0.717, 1.165) is 0 Å². The molecule has 10 heteroatoms. The van der Waals surface area contributed by atoms with E-state index in [1.165, 1.54) is 28.8 Å². The van der Waals surface area contributed by atoms with Crippen LogP contribution in [0.4, 0.5) is 11.6 Å². The smallest absolute Gasteiger partial charge is 0.270 e. The van der Waals surface area contributed by atoms with Crippen LogP contribution in [0.5, 0.6) is 0 Å². The minimum absolute atomic E-state index is 0.0751. The predicted octanol–water partition coefficient (Wildman–Crippen LogP) is 0.447. The van der Waals surface area contributed by atoms with E-state index >= 15 is 0 Å². The summed E-state index contributed by atoms with van der Waals surface area (Å²) in [6.07, 6.45) is 0. The van der Waals surface area contributed by atoms with Crippen LogP contribution >= 0.6 is 0 Å². The molecule has 0 amide bonds. The van der Waals surface area contributed by atoms with E-state index < -0.39 is 10.5 Å². The van der Waals surface area contributed by atoms with Crippen LogP contribution in [-0.2, 0) is 0 Å². The molecule has 2 heterocycles. The van der Waals surface area contributed by atoms with Gasteiger partial charge >= 0.3 is 0 Å². The van der Waals surface area contributed by atoms with Crippen LogP contribution in [0.3, 0.4) is 0 Å². The zero-order chi connectivity index (χ0) is 15.9. The number of nitrogens with two attached hydrogens (primary N) is 1. The molecule has 0 spiro atoms. The Balaban J connectivity index is 2.35. The summed E-state index contributed by atoms with van der Waals surface area (Å²) in [4.78, 5) is 28.3. The number of hydrogen-bond acceptors (Lipinski definition) is 7. The summed E-state index contributed by atoms with van der Waals surface area (Å²) in [6.45, 7) is 0. The lowest BCUT2D eigenvalue weighted by molar-refractivity contribution is -0.384. The molecule has 108 valence electrons. The maximum atomic E-state index is 11.9. The lowest BCUT2D eigenvalue weighted by atomic mass is 10.1. The topological polar surface area (TPSA) is 156 Å². The van der Waals surface area contributed by atoms with Crippen LogP contribution in [0.2, 0.25) is 0 Å². The molecule has 0 bridgehead atoms. The van der Waals surface area contributed by atoms with E-state index in [1.54, 1.807) is 6.07 Å². The number of hydrogen-bond donors (Lipinski definition) is 2. The van der Waals surface area contributed by atoms with Crippen molar-refractivity contribution in [2.75, 3.05) is 5.73 Å². The number of nitriles is 1. The summed E-state index contributed by atoms with van der Waals surface area (Å²) < 4.78 is 1.22. The SMILES string of the molecule is N#Cc1c(-c2ccc([N+](=O)[O-])cc2)n2nc(N)nc2[nH]c1=O. The van der Waals surface area contributed by atoms with Crippen LogP contribution in [0.15, 0.2) is 29.1 Å². The van der Waals surface area contributed by atoms with E-state index in [2.05, 4.69) is 15.1 Å². The maximum absolute atomic E-state index is 11.9. The first-order valence-electron chi connectivity index (χ1n) is 5.94. The highest BCUT2D eigenvalue weighted by Crippen LogP contribution is 2.24. The lowest BCUT2D eigenvalue weighted by Crippen LogP contribution is -2.16. The highest BCUT2D eigenvalue weighted by atomic mass is 16.6. The highest BCUT2D eigenvalue weighted by Gasteiger charge is 2.18. The monoisotopic (exact) mass is 297 g/mol. The molecule has 0 aliphatic carbocycles. The third-order valence-corrected chi connectivity index (χ3v) is 2.99. The first-order chi connectivity index (χ1) is 10.5. The zero-order valence-corrected chi connectivity index (χ0v) is 10.8. The number of nitrogen functional groups attached to an aromatic ring is 1. The molecule has 3 aromatic rings. The number of nitrogens with one attached hydrogen (secondary N) is 1. The van der Waals surface area contributed by atoms with E-state index in [1.807, 2.05) is 0 Å². The molecule has 0 saturated carbocycles. The molecule has 0 fully saturated rings. The molecule has 0 saturated heterocycles. The summed E-state index contributed by atoms with van der Waals surface area (Å²) in [5.74, 6) is 0.00348. The number of H-pyrrole nitrogens is 1. The van der Waals surface area contributed by atoms with Crippen molar-refractivity contribution in [3.8, 4) is 17.3 Å². The lowest BCUT2D eigenvalue weighted by Gasteiger charge is -2.05. The molecule has 0 aliphatic heterocycles. The number of nitro groups is 1. The van der Waals surface area contributed by atoms with Gasteiger partial charge in [-0.15, -0.1) is 5.10 Å². The summed E-state index contributed by atoms with van der Waals surface area (Å²) in [7, 11) is 0. The molecular weight excluding hydrogens is 290 g/mol. The van der Waals surface area contributed by atoms with Crippen LogP contribution in [0, 0.1) is 21.4 Å². The molecule has 0 radical (unpaired) electrons. The number of nitro benzene ring substituents is 1. The van der Waals surface area contributed by atoms with E-state index in [-0.39, 0.29) is 28.7 Å². The number of rotatable bonds is 2. The van der Waals surface area contributed by atoms with Gasteiger partial charge in [-0.2, -0.15) is 14.8 Å². The van der Waals surface area contributed by atoms with Crippen LogP contribution < -0.4 is 11.3 Å². The van der Waals surface area contributed by atoms with Gasteiger partial charge in [0.05, 0.1) is 10.6 Å². The second kappa shape index (κ2) is 4.67. The van der Waals surface area contributed by atoms with E-state index in [0.29, 0.717) is 5.56 Å². The number of nitrogens with zero attached hydrogens (tertiary/aromatic N) is 5. The molecular formula is C12H7N7O3. The summed E-state index contributed by atoms with van der Waals surface area (Å²) >= 11 is 0. The molecule has 22 heavy (non-hydrogen) atoms. The molecule has 1 aromatic carbocycles. The predicted molar refractivity (Wildman–Crippen MR) is 74.8 cm³/mol. The summed E-state index contributed by atoms with van der Waals surface area (Å²) in [6, 6.07) is 7.17. The molecule has 0 unspecified atom stereocenters. The van der Waals surface area contributed by atoms with Crippen LogP contribution in [0.1, 0.15) is 5.56 Å². The second-order valence-electron chi connectivity index (χ2n) is 4.30. The standard InChI is InChI=1S/C12H7N7O3/c13-5-8-9(6-1-3-7(4-2-6)19(21)22)18-12(15-10(8)20)16-11(14)17-18/h1-4H,(H3,14,15,16,17,20). The van der Waals surface area contributed by atoms with Crippen molar-refractivity contribution in [1.29, 1.82) is 5.26 Å². The second-order valence-corrected chi connectivity index (χ2v) is 4.30. The van der Waals surface area contributed by atoms with Crippen LogP contribution in [0.25, 0.3) is 17.0 Å². The Morgan fingerprint density at radius 1 is 1.36 bits per heavy atom. The first-order valence-corrected chi connectivity index (χ1v) is 5.94. The van der Waals surface area contributed by atoms with Gasteiger partial charge < -0.3 is 5.73 Å². The normalized spacial score (nSPS) is 10.5. The van der Waals surface area contributed by atoms with Crippen molar-refractivity contribution < 1.29 is 4.92 Å². The molecule has 0 aliphatic rings. The Hall–Kier alpha value is -3.74. The van der Waals surface area contributed by atoms with Crippen molar-refractivity contribution in [2.24, 2.45) is 0 Å². The van der Waals surface area contributed by atoms with Gasteiger partial charge in [-0.3, -0.25) is 19.9 Å². The highest BCUT2D eigenvalue weighted by molar-refractivity contribution is 5.69. The average Bonchev–Trinajstić information content (AvgIpc) is 2.85. The number of aromatic nitrogens is 4. The Bertz CT molecular complexity index is 994. The Morgan fingerprint density at radius 3 is 2.64 bits per heavy atom. The molecule has 3 rings (SSSR count). The molecule has 2 aromatic heterocycles. The fourth-order valence-corrected chi connectivity index (χ4v) is 2.05. The van der Waals surface area contributed by atoms with Crippen molar-refractivity contribution >= 4 is 17.4 Å². The van der Waals surface area contributed by atoms with Gasteiger partial charge in [0.2, 0.25) is 11.7 Å². The third-order valence-electron chi connectivity index (χ3n) is 2.99. The molecule has 3 N–H and O–H groups in total. The van der Waals surface area contributed by atoms with Gasteiger partial charge in [0.1, 0.15) is 11.6 Å². The van der Waals surface area contributed by atoms with Gasteiger partial charge in [-0.25, -0.2) is 0 Å². The Morgan fingerprint density at radius 2 is 2.05 bits per heavy atom. The van der Waals surface area contributed by atoms with Crippen LogP contribution in [-0.4, -0.2) is 24.5 Å². The largest absolute Gasteiger partial charge is 0.366 e. The van der Waals surface area contributed by atoms with E-state index in [9.17, 15) is 20.2 Å². The maximum Gasteiger partial charge on any atom is 0.270 e. The number of anilines is 1. The summed E-state index contributed by atoms with van der Waals surface area (Å²) in [5, 5.41) is 23.8. The van der Waals surface area contributed by atoms with Crippen molar-refractivity contribution in [2.45, 2.75) is 0 Å². The number of aromatic amines is 1. The molecule has 0 atom stereocenters. The Kier molecular flexibility index (Phi) is 2.81. The van der Waals surface area contributed by atoms with E-state index in [4.69, 9.17) is 5.73 Å². The van der Waals surface area contributed by atoms with Gasteiger partial charge in [-0.05, 0) is 12.1 Å². The fraction of sp³-hybridized carbons (Fsp3) is 0. The quantitative estimate of drug-likeness (QED) is 0.513. The fourth-order valence-electron chi connectivity index (χ4n) is 2.05. The molecule has 10 nitrogen and oxygen atoms in total. The van der Waals surface area contributed by atoms with Crippen molar-refractivity contribution in [1.82, 2.24) is 19.6 Å². The zero-order valence-electron chi connectivity index (χ0n) is 10.8. The summed E-state index contributed by atoms with van der Waals surface area (Å²) in [5.41, 5.74) is 5.14. The van der Waals surface area contributed by atoms with Gasteiger partial charge in [-0.1, -0.05) is 0 Å².